The highest BCUT2D eigenvalue weighted by Crippen LogP contribution is 2.38. The van der Waals surface area contributed by atoms with Gasteiger partial charge in [-0.05, 0) is 61.6 Å². The van der Waals surface area contributed by atoms with Crippen LogP contribution in [0.2, 0.25) is 5.15 Å². The number of aromatic nitrogens is 3. The van der Waals surface area contributed by atoms with Gasteiger partial charge in [-0.2, -0.15) is 13.2 Å². The van der Waals surface area contributed by atoms with E-state index in [0.29, 0.717) is 5.69 Å². The van der Waals surface area contributed by atoms with E-state index in [0.717, 1.165) is 11.1 Å². The molecule has 50 heavy (non-hydrogen) atoms. The number of amides is 2. The van der Waals surface area contributed by atoms with Crippen LogP contribution in [0.25, 0.3) is 16.7 Å². The van der Waals surface area contributed by atoms with Crippen LogP contribution in [0.5, 0.6) is 0 Å². The first-order valence-electron chi connectivity index (χ1n) is 16.3. The molecule has 2 fully saturated rings. The number of fused-ring (bicyclic) bond motifs is 1. The van der Waals surface area contributed by atoms with Gasteiger partial charge in [-0.25, -0.2) is 9.78 Å². The molecule has 11 nitrogen and oxygen atoms in total. The molecule has 6 rings (SSSR count). The summed E-state index contributed by atoms with van der Waals surface area (Å²) in [6.07, 6.45) is -5.16. The maximum Gasteiger partial charge on any atom is 0.407 e. The highest BCUT2D eigenvalue weighted by atomic mass is 35.5. The van der Waals surface area contributed by atoms with Crippen LogP contribution in [0, 0.1) is 6.92 Å². The molecule has 2 N–H and O–H groups in total. The number of hydrogen-bond donors (Lipinski definition) is 2. The molecule has 2 aromatic heterocycles. The van der Waals surface area contributed by atoms with Gasteiger partial charge in [-0.15, -0.1) is 0 Å². The maximum absolute atomic E-state index is 13.8. The fourth-order valence-corrected chi connectivity index (χ4v) is 7.23. The topological polar surface area (TPSA) is 130 Å². The first kappa shape index (κ1) is 35.4. The van der Waals surface area contributed by atoms with E-state index in [1.807, 2.05) is 26.0 Å². The minimum Gasteiger partial charge on any atom is -0.465 e. The average molecular weight is 716 g/mol. The molecule has 2 saturated heterocycles. The highest BCUT2D eigenvalue weighted by molar-refractivity contribution is 6.31. The number of hydrogen-bond acceptors (Lipinski definition) is 6. The monoisotopic (exact) mass is 715 g/mol. The Morgan fingerprint density at radius 1 is 1.12 bits per heavy atom. The largest absolute Gasteiger partial charge is 0.465 e. The van der Waals surface area contributed by atoms with Gasteiger partial charge in [0.25, 0.3) is 5.56 Å². The van der Waals surface area contributed by atoms with Crippen LogP contribution in [-0.2, 0) is 16.1 Å². The predicted molar refractivity (Wildman–Crippen MR) is 179 cm³/mol. The quantitative estimate of drug-likeness (QED) is 0.252. The molecule has 2 amide bonds. The Labute approximate surface area is 290 Å². The molecule has 0 radical (unpaired) electrons. The number of halogens is 4. The molecular formula is C35H37ClF3N5O6. The van der Waals surface area contributed by atoms with E-state index >= 15 is 0 Å². The van der Waals surface area contributed by atoms with Gasteiger partial charge < -0.3 is 19.8 Å². The van der Waals surface area contributed by atoms with Gasteiger partial charge in [0.1, 0.15) is 11.5 Å². The van der Waals surface area contributed by atoms with Crippen molar-refractivity contribution in [2.45, 2.75) is 69.5 Å². The highest BCUT2D eigenvalue weighted by Gasteiger charge is 2.43. The summed E-state index contributed by atoms with van der Waals surface area (Å²) in [7, 11) is 0. The second kappa shape index (κ2) is 13.7. The number of ether oxygens (including phenoxy) is 1. The predicted octanol–water partition coefficient (Wildman–Crippen LogP) is 5.68. The lowest BCUT2D eigenvalue weighted by Crippen LogP contribution is -2.50. The van der Waals surface area contributed by atoms with Gasteiger partial charge in [0.2, 0.25) is 5.91 Å². The number of alkyl halides is 3. The summed E-state index contributed by atoms with van der Waals surface area (Å²) < 4.78 is 50.1. The van der Waals surface area contributed by atoms with E-state index < -0.39 is 47.7 Å². The second-order valence-electron chi connectivity index (χ2n) is 13.2. The van der Waals surface area contributed by atoms with Crippen LogP contribution < -0.4 is 5.56 Å². The van der Waals surface area contributed by atoms with Crippen molar-refractivity contribution in [3.8, 4) is 5.69 Å². The third-order valence-electron chi connectivity index (χ3n) is 9.71. The zero-order chi connectivity index (χ0) is 36.0. The third-order valence-corrected chi connectivity index (χ3v) is 9.99. The van der Waals surface area contributed by atoms with Gasteiger partial charge in [0.05, 0.1) is 48.7 Å². The Kier molecular flexibility index (Phi) is 9.72. The van der Waals surface area contributed by atoms with Crippen LogP contribution in [0.1, 0.15) is 54.8 Å². The van der Waals surface area contributed by atoms with Crippen LogP contribution in [-0.4, -0.2) is 90.3 Å². The lowest BCUT2D eigenvalue weighted by Gasteiger charge is -2.39. The fourth-order valence-electron chi connectivity index (χ4n) is 6.95. The number of aliphatic hydroxyl groups is 1. The van der Waals surface area contributed by atoms with E-state index in [4.69, 9.17) is 16.3 Å². The molecule has 2 aliphatic rings. The molecular weight excluding hydrogens is 679 g/mol. The van der Waals surface area contributed by atoms with Crippen molar-refractivity contribution in [3.05, 3.63) is 93.1 Å². The maximum atomic E-state index is 13.8. The number of carbonyl (C=O) groups is 2. The van der Waals surface area contributed by atoms with E-state index in [2.05, 4.69) is 4.98 Å². The Balaban J connectivity index is 1.16. The Hall–Kier alpha value is -4.40. The van der Waals surface area contributed by atoms with Gasteiger partial charge in [0, 0.05) is 25.2 Å². The zero-order valence-corrected chi connectivity index (χ0v) is 28.2. The summed E-state index contributed by atoms with van der Waals surface area (Å²) in [4.78, 5) is 45.7. The summed E-state index contributed by atoms with van der Waals surface area (Å²) in [5.41, 5.74) is 0.642. The van der Waals surface area contributed by atoms with E-state index in [-0.39, 0.29) is 73.5 Å². The molecule has 0 unspecified atom stereocenters. The first-order valence-corrected chi connectivity index (χ1v) is 16.6. The number of morpholine rings is 1. The summed E-state index contributed by atoms with van der Waals surface area (Å²) in [5, 5.41) is 21.6. The van der Waals surface area contributed by atoms with Crippen molar-refractivity contribution in [2.75, 3.05) is 26.2 Å². The van der Waals surface area contributed by atoms with Crippen LogP contribution in [0.4, 0.5) is 18.0 Å². The lowest BCUT2D eigenvalue weighted by atomic mass is 9.89. The number of carbonyl (C=O) groups excluding carboxylic acids is 1. The Bertz CT molecular complexity index is 1960. The summed E-state index contributed by atoms with van der Waals surface area (Å²) in [5.74, 6) is -2.59. The number of aryl methyl sites for hydroxylation is 1. The summed E-state index contributed by atoms with van der Waals surface area (Å²) in [6, 6.07) is 13.7. The standard InChI is InChI=1S/C35H37ClF3N5O6/c1-21-14-24(8-9-25(21)28-18-50-22(2)17-43(28)33(47)48)44-29(36)15-26-31(44)40-20-42(32(26)46)19-34(49)10-12-41(13-11-34)30(45)16-27(35(37,38)39)23-6-4-3-5-7-23/h3-9,14-15,20,22,27-28,49H,10-13,16-19H2,1-2H3,(H,47,48)/t22-,27-,28-/m1/s1. The number of rotatable bonds is 7. The zero-order valence-electron chi connectivity index (χ0n) is 27.4. The molecule has 2 aliphatic heterocycles. The van der Waals surface area contributed by atoms with E-state index in [1.54, 1.807) is 16.7 Å². The van der Waals surface area contributed by atoms with Crippen LogP contribution >= 0.6 is 11.6 Å². The average Bonchev–Trinajstić information content (AvgIpc) is 3.41. The fraction of sp³-hybridized carbons (Fsp3) is 0.429. The Morgan fingerprint density at radius 2 is 1.82 bits per heavy atom. The van der Waals surface area contributed by atoms with Crippen LogP contribution in [0.3, 0.4) is 0 Å². The molecule has 4 heterocycles. The lowest BCUT2D eigenvalue weighted by molar-refractivity contribution is -0.162. The molecule has 266 valence electrons. The number of carboxylic acid groups (broad SMARTS) is 1. The van der Waals surface area contributed by atoms with Crippen molar-refractivity contribution in [1.82, 2.24) is 23.9 Å². The molecule has 4 aromatic rings. The number of benzene rings is 2. The SMILES string of the molecule is Cc1cc(-n2c(Cl)cc3c(=O)n(CC4(O)CCN(C(=O)C[C@H](c5ccccc5)C(F)(F)F)CC4)cnc32)ccc1[C@H]1CO[C@H](C)CN1C(=O)O. The molecule has 0 spiro atoms. The van der Waals surface area contributed by atoms with Crippen LogP contribution in [0.15, 0.2) is 65.7 Å². The minimum absolute atomic E-state index is 0.0153. The van der Waals surface area contributed by atoms with Crippen molar-refractivity contribution >= 4 is 34.6 Å². The minimum atomic E-state index is -4.60. The number of nitrogens with zero attached hydrogens (tertiary/aromatic N) is 5. The normalized spacial score (nSPS) is 20.2. The van der Waals surface area contributed by atoms with Gasteiger partial charge in [-0.1, -0.05) is 48.0 Å². The van der Waals surface area contributed by atoms with Gasteiger partial charge >= 0.3 is 12.3 Å². The smallest absolute Gasteiger partial charge is 0.407 e. The molecule has 0 aliphatic carbocycles. The van der Waals surface area contributed by atoms with Crippen molar-refractivity contribution in [3.63, 3.8) is 0 Å². The van der Waals surface area contributed by atoms with E-state index in [9.17, 15) is 37.8 Å². The molecule has 15 heteroatoms. The molecule has 0 saturated carbocycles. The second-order valence-corrected chi connectivity index (χ2v) is 13.6. The summed E-state index contributed by atoms with van der Waals surface area (Å²) >= 11 is 6.63. The number of likely N-dealkylation sites (tertiary alicyclic amines) is 1. The van der Waals surface area contributed by atoms with Gasteiger partial charge in [-0.3, -0.25) is 23.6 Å². The summed E-state index contributed by atoms with van der Waals surface area (Å²) in [6.45, 7) is 4.07. The third kappa shape index (κ3) is 7.10. The molecule has 3 atom stereocenters. The molecule has 2 aromatic carbocycles. The molecule has 0 bridgehead atoms. The van der Waals surface area contributed by atoms with E-state index in [1.165, 1.54) is 51.0 Å². The van der Waals surface area contributed by atoms with Crippen molar-refractivity contribution in [2.24, 2.45) is 0 Å². The number of piperidine rings is 1. The van der Waals surface area contributed by atoms with Crippen molar-refractivity contribution in [1.29, 1.82) is 0 Å². The van der Waals surface area contributed by atoms with Gasteiger partial charge in [0.15, 0.2) is 5.65 Å². The Morgan fingerprint density at radius 3 is 2.46 bits per heavy atom. The van der Waals surface area contributed by atoms with Crippen molar-refractivity contribution < 1.29 is 37.7 Å². The first-order chi connectivity index (χ1) is 23.6.